The lowest BCUT2D eigenvalue weighted by atomic mass is 10.1. The molecule has 7 nitrogen and oxygen atoms in total. The number of nitro groups is 1. The number of hydrogen-bond acceptors (Lipinski definition) is 4. The summed E-state index contributed by atoms with van der Waals surface area (Å²) in [6.45, 7) is 2.00. The van der Waals surface area contributed by atoms with Crippen molar-refractivity contribution in [2.24, 2.45) is 0 Å². The summed E-state index contributed by atoms with van der Waals surface area (Å²) < 4.78 is 0. The van der Waals surface area contributed by atoms with Crippen molar-refractivity contribution < 1.29 is 14.5 Å². The molecule has 0 aliphatic rings. The number of nitro benzene ring substituents is 1. The van der Waals surface area contributed by atoms with Crippen molar-refractivity contribution in [1.29, 1.82) is 0 Å². The van der Waals surface area contributed by atoms with Crippen molar-refractivity contribution in [3.63, 3.8) is 0 Å². The minimum absolute atomic E-state index is 0.0175. The lowest BCUT2D eigenvalue weighted by molar-refractivity contribution is -0.384. The number of carbonyl (C=O) groups is 2. The van der Waals surface area contributed by atoms with Crippen LogP contribution in [-0.2, 0) is 6.42 Å². The zero-order chi connectivity index (χ0) is 17.7. The van der Waals surface area contributed by atoms with Gasteiger partial charge in [0, 0.05) is 17.7 Å². The predicted molar refractivity (Wildman–Crippen MR) is 88.9 cm³/mol. The number of hydrazine groups is 1. The van der Waals surface area contributed by atoms with E-state index in [1.165, 1.54) is 6.07 Å². The molecule has 0 saturated carbocycles. The maximum absolute atomic E-state index is 12.0. The summed E-state index contributed by atoms with van der Waals surface area (Å²) in [5, 5.41) is 10.6. The first-order chi connectivity index (χ1) is 11.4. The monoisotopic (exact) mass is 347 g/mol. The van der Waals surface area contributed by atoms with Gasteiger partial charge in [0.25, 0.3) is 17.5 Å². The maximum atomic E-state index is 12.0. The molecule has 0 heterocycles. The molecule has 0 aromatic heterocycles. The van der Waals surface area contributed by atoms with E-state index in [9.17, 15) is 19.7 Å². The second kappa shape index (κ2) is 7.56. The summed E-state index contributed by atoms with van der Waals surface area (Å²) in [6, 6.07) is 10.4. The number of aryl methyl sites for hydroxylation is 1. The minimum atomic E-state index is -0.673. The van der Waals surface area contributed by atoms with Crippen molar-refractivity contribution in [3.05, 3.63) is 74.3 Å². The molecule has 0 radical (unpaired) electrons. The van der Waals surface area contributed by atoms with Gasteiger partial charge in [0.05, 0.1) is 15.5 Å². The van der Waals surface area contributed by atoms with Gasteiger partial charge in [-0.05, 0) is 30.2 Å². The molecule has 0 atom stereocenters. The van der Waals surface area contributed by atoms with Crippen molar-refractivity contribution in [1.82, 2.24) is 10.9 Å². The van der Waals surface area contributed by atoms with Crippen molar-refractivity contribution in [3.8, 4) is 0 Å². The number of amides is 2. The topological polar surface area (TPSA) is 101 Å². The summed E-state index contributed by atoms with van der Waals surface area (Å²) in [4.78, 5) is 34.0. The van der Waals surface area contributed by atoms with E-state index in [4.69, 9.17) is 11.6 Å². The fourth-order valence-corrected chi connectivity index (χ4v) is 2.21. The fourth-order valence-electron chi connectivity index (χ4n) is 1.95. The van der Waals surface area contributed by atoms with Crippen LogP contribution in [0.3, 0.4) is 0 Å². The number of benzene rings is 2. The van der Waals surface area contributed by atoms with Crippen molar-refractivity contribution in [2.45, 2.75) is 13.3 Å². The Kier molecular flexibility index (Phi) is 5.49. The molecule has 24 heavy (non-hydrogen) atoms. The molecule has 0 unspecified atom stereocenters. The Balaban J connectivity index is 2.02. The lowest BCUT2D eigenvalue weighted by Gasteiger charge is -2.09. The van der Waals surface area contributed by atoms with Crippen LogP contribution in [0.2, 0.25) is 5.02 Å². The van der Waals surface area contributed by atoms with Crippen LogP contribution in [0.4, 0.5) is 5.69 Å². The zero-order valence-electron chi connectivity index (χ0n) is 12.7. The van der Waals surface area contributed by atoms with Gasteiger partial charge in [0.1, 0.15) is 0 Å². The van der Waals surface area contributed by atoms with E-state index in [1.54, 1.807) is 12.1 Å². The third-order valence-electron chi connectivity index (χ3n) is 3.32. The lowest BCUT2D eigenvalue weighted by Crippen LogP contribution is -2.41. The Bertz CT molecular complexity index is 790. The van der Waals surface area contributed by atoms with Gasteiger partial charge in [-0.15, -0.1) is 0 Å². The summed E-state index contributed by atoms with van der Waals surface area (Å²) in [5.41, 5.74) is 5.76. The normalized spacial score (nSPS) is 10.1. The van der Waals surface area contributed by atoms with Gasteiger partial charge in [-0.3, -0.25) is 30.6 Å². The molecule has 124 valence electrons. The summed E-state index contributed by atoms with van der Waals surface area (Å²) in [7, 11) is 0. The molecule has 2 aromatic rings. The Morgan fingerprint density at radius 3 is 2.25 bits per heavy atom. The minimum Gasteiger partial charge on any atom is -0.267 e. The van der Waals surface area contributed by atoms with Crippen LogP contribution in [0.1, 0.15) is 33.2 Å². The molecule has 0 saturated heterocycles. The van der Waals surface area contributed by atoms with E-state index < -0.39 is 16.7 Å². The van der Waals surface area contributed by atoms with Crippen LogP contribution in [-0.4, -0.2) is 16.7 Å². The van der Waals surface area contributed by atoms with Crippen LogP contribution >= 0.6 is 11.6 Å². The third kappa shape index (κ3) is 4.08. The fraction of sp³-hybridized carbons (Fsp3) is 0.125. The van der Waals surface area contributed by atoms with Crippen LogP contribution in [0.25, 0.3) is 0 Å². The molecule has 0 bridgehead atoms. The quantitative estimate of drug-likeness (QED) is 0.655. The number of nitrogens with one attached hydrogen (secondary N) is 2. The average Bonchev–Trinajstić information content (AvgIpc) is 2.59. The Hall–Kier alpha value is -2.93. The highest BCUT2D eigenvalue weighted by Gasteiger charge is 2.15. The molecule has 0 fully saturated rings. The second-order valence-corrected chi connectivity index (χ2v) is 5.29. The highest BCUT2D eigenvalue weighted by Crippen LogP contribution is 2.22. The van der Waals surface area contributed by atoms with Crippen LogP contribution in [0.15, 0.2) is 42.5 Å². The van der Waals surface area contributed by atoms with Gasteiger partial charge in [-0.1, -0.05) is 30.7 Å². The number of rotatable bonds is 4. The smallest absolute Gasteiger partial charge is 0.267 e. The van der Waals surface area contributed by atoms with Gasteiger partial charge in [0.15, 0.2) is 0 Å². The highest BCUT2D eigenvalue weighted by molar-refractivity contribution is 6.34. The third-order valence-corrected chi connectivity index (χ3v) is 3.63. The van der Waals surface area contributed by atoms with E-state index in [2.05, 4.69) is 10.9 Å². The Morgan fingerprint density at radius 1 is 1.08 bits per heavy atom. The molecule has 0 aliphatic carbocycles. The molecule has 0 aliphatic heterocycles. The maximum Gasteiger partial charge on any atom is 0.271 e. The van der Waals surface area contributed by atoms with Crippen molar-refractivity contribution in [2.75, 3.05) is 0 Å². The standard InChI is InChI=1S/C16H14ClN3O4/c1-2-10-3-5-11(6-4-10)15(21)18-19-16(22)13-8-7-12(20(23)24)9-14(13)17/h3-9H,2H2,1H3,(H,18,21)(H,19,22). The number of non-ortho nitro benzene ring substituents is 1. The molecule has 2 rings (SSSR count). The first-order valence-corrected chi connectivity index (χ1v) is 7.43. The molecule has 2 aromatic carbocycles. The number of nitrogens with zero attached hydrogens (tertiary/aromatic N) is 1. The SMILES string of the molecule is CCc1ccc(C(=O)NNC(=O)c2ccc([N+](=O)[O-])cc2Cl)cc1. The molecule has 2 amide bonds. The predicted octanol–water partition coefficient (Wildman–Crippen LogP) is 2.89. The van der Waals surface area contributed by atoms with E-state index in [0.717, 1.165) is 24.1 Å². The summed E-state index contributed by atoms with van der Waals surface area (Å²) >= 11 is 5.86. The van der Waals surface area contributed by atoms with E-state index in [1.807, 2.05) is 19.1 Å². The number of carbonyl (C=O) groups excluding carboxylic acids is 2. The Labute approximate surface area is 142 Å². The van der Waals surface area contributed by atoms with Gasteiger partial charge in [0.2, 0.25) is 0 Å². The summed E-state index contributed by atoms with van der Waals surface area (Å²) in [6.07, 6.45) is 0.858. The first kappa shape index (κ1) is 17.4. The largest absolute Gasteiger partial charge is 0.271 e. The van der Waals surface area contributed by atoms with Crippen LogP contribution < -0.4 is 10.9 Å². The molecular weight excluding hydrogens is 334 g/mol. The number of hydrogen-bond donors (Lipinski definition) is 2. The van der Waals surface area contributed by atoms with Gasteiger partial charge in [-0.25, -0.2) is 0 Å². The van der Waals surface area contributed by atoms with Crippen LogP contribution in [0, 0.1) is 10.1 Å². The van der Waals surface area contributed by atoms with Gasteiger partial charge >= 0.3 is 0 Å². The zero-order valence-corrected chi connectivity index (χ0v) is 13.5. The molecular formula is C16H14ClN3O4. The van der Waals surface area contributed by atoms with Gasteiger partial charge in [-0.2, -0.15) is 0 Å². The van der Waals surface area contributed by atoms with E-state index in [-0.39, 0.29) is 16.3 Å². The molecule has 8 heteroatoms. The van der Waals surface area contributed by atoms with Crippen LogP contribution in [0.5, 0.6) is 0 Å². The van der Waals surface area contributed by atoms with E-state index >= 15 is 0 Å². The average molecular weight is 348 g/mol. The first-order valence-electron chi connectivity index (χ1n) is 7.06. The summed E-state index contributed by atoms with van der Waals surface area (Å²) in [5.74, 6) is -1.16. The Morgan fingerprint density at radius 2 is 1.71 bits per heavy atom. The molecule has 2 N–H and O–H groups in total. The van der Waals surface area contributed by atoms with E-state index in [0.29, 0.717) is 5.56 Å². The second-order valence-electron chi connectivity index (χ2n) is 4.88. The van der Waals surface area contributed by atoms with Crippen molar-refractivity contribution >= 4 is 29.1 Å². The van der Waals surface area contributed by atoms with Gasteiger partial charge < -0.3 is 0 Å². The highest BCUT2D eigenvalue weighted by atomic mass is 35.5. The number of halogens is 1. The molecule has 0 spiro atoms.